The van der Waals surface area contributed by atoms with Crippen molar-refractivity contribution in [2.75, 3.05) is 17.2 Å². The third-order valence-corrected chi connectivity index (χ3v) is 5.20. The molecule has 0 unspecified atom stereocenters. The van der Waals surface area contributed by atoms with Gasteiger partial charge in [0.05, 0.1) is 34.3 Å². The predicted octanol–water partition coefficient (Wildman–Crippen LogP) is 2.77. The van der Waals surface area contributed by atoms with Crippen LogP contribution in [0.5, 0.6) is 0 Å². The van der Waals surface area contributed by atoms with Crippen molar-refractivity contribution in [3.05, 3.63) is 51.6 Å². The summed E-state index contributed by atoms with van der Waals surface area (Å²) in [5.74, 6) is -2.75. The fourth-order valence-electron chi connectivity index (χ4n) is 2.93. The lowest BCUT2D eigenvalue weighted by Gasteiger charge is -2.19. The summed E-state index contributed by atoms with van der Waals surface area (Å²) in [6.07, 6.45) is 0.547. The summed E-state index contributed by atoms with van der Waals surface area (Å²) in [5.41, 5.74) is 4.48. The summed E-state index contributed by atoms with van der Waals surface area (Å²) in [6.45, 7) is 4.65. The fourth-order valence-corrected chi connectivity index (χ4v) is 3.52. The molecule has 204 valence electrons. The first-order chi connectivity index (χ1) is 17.7. The number of primary amides is 1. The summed E-state index contributed by atoms with van der Waals surface area (Å²) in [4.78, 5) is 63.7. The Morgan fingerprint density at radius 3 is 2.39 bits per heavy atom. The highest BCUT2D eigenvalue weighted by Crippen LogP contribution is 2.32. The number of hydrogen-bond donors (Lipinski definition) is 6. The van der Waals surface area contributed by atoms with Crippen LogP contribution in [0.2, 0.25) is 10.0 Å². The molecule has 0 radical (unpaired) electrons. The topological polar surface area (TPSA) is 202 Å². The number of halogens is 2. The number of ether oxygens (including phenoxy) is 1. The zero-order valence-corrected chi connectivity index (χ0v) is 22.1. The van der Waals surface area contributed by atoms with Gasteiger partial charge in [-0.15, -0.1) is 0 Å². The smallest absolute Gasteiger partial charge is 0.413 e. The first-order valence-corrected chi connectivity index (χ1v) is 11.7. The molecule has 1 aromatic heterocycles. The Hall–Kier alpha value is -4.10. The molecule has 7 N–H and O–H groups in total. The van der Waals surface area contributed by atoms with E-state index in [1.807, 2.05) is 0 Å². The Labute approximate surface area is 227 Å². The van der Waals surface area contributed by atoms with E-state index in [-0.39, 0.29) is 33.5 Å². The Bertz CT molecular complexity index is 1250. The minimum atomic E-state index is -1.53. The first kappa shape index (κ1) is 30.1. The van der Waals surface area contributed by atoms with Gasteiger partial charge in [-0.2, -0.15) is 0 Å². The molecule has 2 aromatic rings. The van der Waals surface area contributed by atoms with Crippen molar-refractivity contribution >= 4 is 64.6 Å². The molecular formula is C23H26Cl2N6O7. The SMILES string of the molecule is CC(C)(C)OC(=O)Nc1cc(CC(=O)Nc2ccc(Cl)c(C(=O)N[C@@H](CNC(N)=O)C(=O)O)c2Cl)ccn1. The van der Waals surface area contributed by atoms with Gasteiger partial charge in [0.25, 0.3) is 5.91 Å². The summed E-state index contributed by atoms with van der Waals surface area (Å²) in [7, 11) is 0. The Balaban J connectivity index is 2.13. The lowest BCUT2D eigenvalue weighted by atomic mass is 10.1. The second-order valence-electron chi connectivity index (χ2n) is 8.79. The first-order valence-electron chi connectivity index (χ1n) is 11.0. The maximum Gasteiger partial charge on any atom is 0.413 e. The van der Waals surface area contributed by atoms with Gasteiger partial charge in [0.1, 0.15) is 17.5 Å². The maximum absolute atomic E-state index is 12.7. The standard InChI is InChI=1S/C23H26Cl2N6O7/c1-23(2,3)38-22(37)31-15-8-11(6-7-27-15)9-16(32)29-13-5-4-12(24)17(18(13)25)19(33)30-14(20(34)35)10-28-21(26)36/h4-8,14H,9-10H2,1-3H3,(H,29,32)(H,30,33)(H,34,35)(H3,26,28,36)(H,27,31,37)/t14-/m0/s1. The van der Waals surface area contributed by atoms with Gasteiger partial charge in [0.15, 0.2) is 0 Å². The van der Waals surface area contributed by atoms with Gasteiger partial charge in [0, 0.05) is 6.20 Å². The van der Waals surface area contributed by atoms with Gasteiger partial charge >= 0.3 is 18.1 Å². The molecule has 0 spiro atoms. The molecule has 0 aliphatic rings. The average molecular weight is 569 g/mol. The molecule has 0 fully saturated rings. The number of urea groups is 1. The van der Waals surface area contributed by atoms with Crippen LogP contribution in [-0.4, -0.2) is 58.2 Å². The molecule has 2 rings (SSSR count). The average Bonchev–Trinajstić information content (AvgIpc) is 2.77. The number of aromatic nitrogens is 1. The summed E-state index contributed by atoms with van der Waals surface area (Å²) >= 11 is 12.4. The van der Waals surface area contributed by atoms with Gasteiger partial charge in [0.2, 0.25) is 5.91 Å². The van der Waals surface area contributed by atoms with Crippen molar-refractivity contribution in [1.82, 2.24) is 15.6 Å². The monoisotopic (exact) mass is 568 g/mol. The lowest BCUT2D eigenvalue weighted by Crippen LogP contribution is -2.49. The number of nitrogens with zero attached hydrogens (tertiary/aromatic N) is 1. The van der Waals surface area contributed by atoms with E-state index >= 15 is 0 Å². The molecule has 0 saturated heterocycles. The molecule has 0 aliphatic heterocycles. The van der Waals surface area contributed by atoms with Crippen LogP contribution in [-0.2, 0) is 20.7 Å². The minimum Gasteiger partial charge on any atom is -0.480 e. The van der Waals surface area contributed by atoms with Gasteiger partial charge in [-0.25, -0.2) is 19.4 Å². The number of hydrogen-bond acceptors (Lipinski definition) is 7. The Morgan fingerprint density at radius 1 is 1.11 bits per heavy atom. The number of carboxylic acids is 1. The molecular weight excluding hydrogens is 543 g/mol. The number of amides is 5. The number of aliphatic carboxylic acids is 1. The number of benzene rings is 1. The second-order valence-corrected chi connectivity index (χ2v) is 9.58. The van der Waals surface area contributed by atoms with Crippen LogP contribution < -0.4 is 27.0 Å². The van der Waals surface area contributed by atoms with Crippen LogP contribution in [0.4, 0.5) is 21.1 Å². The zero-order valence-electron chi connectivity index (χ0n) is 20.6. The molecule has 0 aliphatic carbocycles. The number of nitrogens with one attached hydrogen (secondary N) is 4. The fraction of sp³-hybridized carbons (Fsp3) is 0.304. The molecule has 5 amide bonds. The van der Waals surface area contributed by atoms with E-state index in [2.05, 4.69) is 26.3 Å². The molecule has 15 heteroatoms. The molecule has 1 aromatic carbocycles. The number of nitrogens with two attached hydrogens (primary N) is 1. The zero-order chi connectivity index (χ0) is 28.6. The van der Waals surface area contributed by atoms with E-state index in [0.29, 0.717) is 5.56 Å². The summed E-state index contributed by atoms with van der Waals surface area (Å²) in [5, 5.41) is 18.2. The van der Waals surface area contributed by atoms with Gasteiger partial charge in [-0.1, -0.05) is 23.2 Å². The molecule has 1 heterocycles. The summed E-state index contributed by atoms with van der Waals surface area (Å²) < 4.78 is 5.17. The van der Waals surface area contributed by atoms with E-state index in [1.54, 1.807) is 26.8 Å². The normalized spacial score (nSPS) is 11.6. The Kier molecular flexibility index (Phi) is 10.2. The van der Waals surface area contributed by atoms with Crippen molar-refractivity contribution in [3.63, 3.8) is 0 Å². The molecule has 13 nitrogen and oxygen atoms in total. The predicted molar refractivity (Wildman–Crippen MR) is 139 cm³/mol. The van der Waals surface area contributed by atoms with Crippen LogP contribution in [0.15, 0.2) is 30.5 Å². The van der Waals surface area contributed by atoms with Crippen LogP contribution in [0.1, 0.15) is 36.7 Å². The highest BCUT2D eigenvalue weighted by Gasteiger charge is 2.25. The number of carboxylic acid groups (broad SMARTS) is 1. The van der Waals surface area contributed by atoms with Crippen molar-refractivity contribution in [1.29, 1.82) is 0 Å². The number of anilines is 2. The van der Waals surface area contributed by atoms with E-state index in [1.165, 1.54) is 24.4 Å². The van der Waals surface area contributed by atoms with Crippen LogP contribution >= 0.6 is 23.2 Å². The van der Waals surface area contributed by atoms with E-state index < -0.39 is 48.1 Å². The van der Waals surface area contributed by atoms with Crippen molar-refractivity contribution in [2.24, 2.45) is 5.73 Å². The molecule has 0 bridgehead atoms. The quantitative estimate of drug-likeness (QED) is 0.264. The third kappa shape index (κ3) is 9.41. The van der Waals surface area contributed by atoms with Gasteiger partial charge < -0.3 is 31.5 Å². The van der Waals surface area contributed by atoms with Crippen molar-refractivity contribution < 1.29 is 33.8 Å². The van der Waals surface area contributed by atoms with E-state index in [0.717, 1.165) is 0 Å². The third-order valence-electron chi connectivity index (χ3n) is 4.49. The number of carbonyl (C=O) groups is 5. The number of pyridine rings is 1. The number of rotatable bonds is 9. The van der Waals surface area contributed by atoms with E-state index in [9.17, 15) is 29.1 Å². The molecule has 38 heavy (non-hydrogen) atoms. The Morgan fingerprint density at radius 2 is 1.79 bits per heavy atom. The van der Waals surface area contributed by atoms with Gasteiger partial charge in [-0.3, -0.25) is 14.9 Å². The second kappa shape index (κ2) is 12.9. The summed E-state index contributed by atoms with van der Waals surface area (Å²) in [6, 6.07) is 3.20. The van der Waals surface area contributed by atoms with Gasteiger partial charge in [-0.05, 0) is 50.6 Å². The lowest BCUT2D eigenvalue weighted by molar-refractivity contribution is -0.139. The molecule has 0 saturated carbocycles. The van der Waals surface area contributed by atoms with Crippen molar-refractivity contribution in [3.8, 4) is 0 Å². The highest BCUT2D eigenvalue weighted by atomic mass is 35.5. The van der Waals surface area contributed by atoms with Crippen molar-refractivity contribution in [2.45, 2.75) is 38.8 Å². The van der Waals surface area contributed by atoms with E-state index in [4.69, 9.17) is 33.7 Å². The van der Waals surface area contributed by atoms with Crippen LogP contribution in [0.25, 0.3) is 0 Å². The minimum absolute atomic E-state index is 0.0366. The largest absolute Gasteiger partial charge is 0.480 e. The maximum atomic E-state index is 12.7. The number of carbonyl (C=O) groups excluding carboxylic acids is 4. The van der Waals surface area contributed by atoms with Crippen LogP contribution in [0, 0.1) is 0 Å². The highest BCUT2D eigenvalue weighted by molar-refractivity contribution is 6.41. The van der Waals surface area contributed by atoms with Crippen LogP contribution in [0.3, 0.4) is 0 Å². The molecule has 1 atom stereocenters.